The molecule has 0 aromatic heterocycles. The van der Waals surface area contributed by atoms with Crippen molar-refractivity contribution in [2.45, 2.75) is 27.7 Å². The normalized spacial score (nSPS) is 10.1. The smallest absolute Gasteiger partial charge is 1.00 e. The van der Waals surface area contributed by atoms with Crippen molar-refractivity contribution in [3.63, 3.8) is 0 Å². The molecule has 0 saturated carbocycles. The van der Waals surface area contributed by atoms with Gasteiger partial charge in [0.15, 0.2) is 0 Å². The minimum atomic E-state index is 0. The zero-order valence-electron chi connectivity index (χ0n) is 11.3. The van der Waals surface area contributed by atoms with Crippen molar-refractivity contribution in [3.8, 4) is 0 Å². The molecule has 1 heteroatoms. The average Bonchev–Trinajstić information content (AvgIpc) is 2.23. The van der Waals surface area contributed by atoms with Gasteiger partial charge in [-0.15, -0.1) is 0 Å². The maximum atomic E-state index is 2.21. The second-order valence-electron chi connectivity index (χ2n) is 4.05. The Hall–Kier alpha value is -0.703. The molecule has 0 aliphatic rings. The van der Waals surface area contributed by atoms with Gasteiger partial charge in [-0.25, -0.2) is 0 Å². The van der Waals surface area contributed by atoms with Crippen LogP contribution >= 0.6 is 0 Å². The van der Waals surface area contributed by atoms with Crippen LogP contribution < -0.4 is 18.9 Å². The summed E-state index contributed by atoms with van der Waals surface area (Å²) in [5.41, 5.74) is 5.70. The molecule has 0 unspecified atom stereocenters. The standard InChI is InChI=1S/C14H16.Li.H/c1-9-10(2)12(4)14-8-6-5-7-13(14)11(9)3;;/h5-8H,1-4H3;;/q;+1;-1. The maximum absolute atomic E-state index is 2.21. The van der Waals surface area contributed by atoms with Gasteiger partial charge in [-0.3, -0.25) is 0 Å². The molecule has 0 bridgehead atoms. The van der Waals surface area contributed by atoms with Crippen LogP contribution in [0.15, 0.2) is 24.3 Å². The molecular weight excluding hydrogens is 175 g/mol. The van der Waals surface area contributed by atoms with E-state index in [9.17, 15) is 0 Å². The van der Waals surface area contributed by atoms with Gasteiger partial charge in [-0.2, -0.15) is 0 Å². The van der Waals surface area contributed by atoms with E-state index in [4.69, 9.17) is 0 Å². The van der Waals surface area contributed by atoms with Crippen molar-refractivity contribution in [3.05, 3.63) is 46.5 Å². The fraction of sp³-hybridized carbons (Fsp3) is 0.286. The first kappa shape index (κ1) is 12.4. The Kier molecular flexibility index (Phi) is 3.66. The van der Waals surface area contributed by atoms with Crippen LogP contribution in [0.3, 0.4) is 0 Å². The molecule has 0 N–H and O–H groups in total. The van der Waals surface area contributed by atoms with E-state index in [-0.39, 0.29) is 20.3 Å². The van der Waals surface area contributed by atoms with Gasteiger partial charge in [0.1, 0.15) is 0 Å². The van der Waals surface area contributed by atoms with Crippen molar-refractivity contribution >= 4 is 10.8 Å². The zero-order chi connectivity index (χ0) is 10.3. The Balaban J connectivity index is 0.00000112. The summed E-state index contributed by atoms with van der Waals surface area (Å²) < 4.78 is 0. The molecular formula is C14H17Li. The number of hydrogen-bond acceptors (Lipinski definition) is 0. The minimum Gasteiger partial charge on any atom is -1.00 e. The van der Waals surface area contributed by atoms with Crippen LogP contribution in [0.2, 0.25) is 0 Å². The van der Waals surface area contributed by atoms with Crippen LogP contribution in [0.1, 0.15) is 23.7 Å². The second kappa shape index (κ2) is 4.43. The number of benzene rings is 2. The Bertz CT molecular complexity index is 457. The molecule has 2 rings (SSSR count). The Morgan fingerprint density at radius 1 is 0.667 bits per heavy atom. The predicted octanol–water partition coefficient (Wildman–Crippen LogP) is 1.19. The Labute approximate surface area is 105 Å². The van der Waals surface area contributed by atoms with Gasteiger partial charge in [0.2, 0.25) is 0 Å². The van der Waals surface area contributed by atoms with Crippen LogP contribution in [0, 0.1) is 27.7 Å². The van der Waals surface area contributed by atoms with Crippen molar-refractivity contribution in [2.24, 2.45) is 0 Å². The van der Waals surface area contributed by atoms with E-state index in [0.29, 0.717) is 0 Å². The molecule has 0 saturated heterocycles. The first-order valence-corrected chi connectivity index (χ1v) is 5.08. The van der Waals surface area contributed by atoms with E-state index in [2.05, 4.69) is 52.0 Å². The second-order valence-corrected chi connectivity index (χ2v) is 4.05. The van der Waals surface area contributed by atoms with E-state index in [0.717, 1.165) is 0 Å². The molecule has 15 heavy (non-hydrogen) atoms. The quantitative estimate of drug-likeness (QED) is 0.550. The number of rotatable bonds is 0. The van der Waals surface area contributed by atoms with Crippen molar-refractivity contribution in [2.75, 3.05) is 0 Å². The first-order valence-electron chi connectivity index (χ1n) is 5.08. The van der Waals surface area contributed by atoms with Crippen LogP contribution in [0.4, 0.5) is 0 Å². The maximum Gasteiger partial charge on any atom is 1.00 e. The van der Waals surface area contributed by atoms with Crippen LogP contribution in [0.25, 0.3) is 10.8 Å². The molecule has 2 aromatic carbocycles. The summed E-state index contributed by atoms with van der Waals surface area (Å²) in [5.74, 6) is 0. The number of fused-ring (bicyclic) bond motifs is 1. The molecule has 0 heterocycles. The largest absolute Gasteiger partial charge is 1.00 e. The van der Waals surface area contributed by atoms with Crippen molar-refractivity contribution in [1.29, 1.82) is 0 Å². The summed E-state index contributed by atoms with van der Waals surface area (Å²) in [6, 6.07) is 8.65. The molecule has 0 nitrogen and oxygen atoms in total. The molecule has 0 spiro atoms. The summed E-state index contributed by atoms with van der Waals surface area (Å²) in [7, 11) is 0. The molecule has 0 aliphatic heterocycles. The van der Waals surface area contributed by atoms with Gasteiger partial charge in [-0.05, 0) is 60.7 Å². The van der Waals surface area contributed by atoms with E-state index in [1.165, 1.54) is 33.0 Å². The average molecular weight is 192 g/mol. The van der Waals surface area contributed by atoms with Gasteiger partial charge in [0, 0.05) is 0 Å². The van der Waals surface area contributed by atoms with Gasteiger partial charge >= 0.3 is 18.9 Å². The molecule has 0 amide bonds. The number of aryl methyl sites for hydroxylation is 2. The van der Waals surface area contributed by atoms with E-state index >= 15 is 0 Å². The summed E-state index contributed by atoms with van der Waals surface area (Å²) in [6.07, 6.45) is 0. The SMILES string of the molecule is Cc1c(C)c(C)c2ccccc2c1C.[H-].[Li+]. The van der Waals surface area contributed by atoms with E-state index in [1.54, 1.807) is 0 Å². The molecule has 0 atom stereocenters. The minimum absolute atomic E-state index is 0. The summed E-state index contributed by atoms with van der Waals surface area (Å²) in [6.45, 7) is 8.85. The monoisotopic (exact) mass is 192 g/mol. The molecule has 2 aromatic rings. The van der Waals surface area contributed by atoms with E-state index in [1.807, 2.05) is 0 Å². The van der Waals surface area contributed by atoms with E-state index < -0.39 is 0 Å². The van der Waals surface area contributed by atoms with Crippen molar-refractivity contribution < 1.29 is 20.3 Å². The van der Waals surface area contributed by atoms with Gasteiger partial charge in [-0.1, -0.05) is 24.3 Å². The third kappa shape index (κ3) is 1.85. The van der Waals surface area contributed by atoms with Crippen LogP contribution in [0.5, 0.6) is 0 Å². The summed E-state index contributed by atoms with van der Waals surface area (Å²) in [5, 5.41) is 2.79. The zero-order valence-corrected chi connectivity index (χ0v) is 10.3. The van der Waals surface area contributed by atoms with Crippen molar-refractivity contribution in [1.82, 2.24) is 0 Å². The third-order valence-corrected chi connectivity index (χ3v) is 3.42. The predicted molar refractivity (Wildman–Crippen MR) is 64.0 cm³/mol. The molecule has 0 radical (unpaired) electrons. The van der Waals surface area contributed by atoms with Gasteiger partial charge in [0.05, 0.1) is 0 Å². The van der Waals surface area contributed by atoms with Crippen LogP contribution in [-0.4, -0.2) is 0 Å². The number of hydrogen-bond donors (Lipinski definition) is 0. The summed E-state index contributed by atoms with van der Waals surface area (Å²) in [4.78, 5) is 0. The fourth-order valence-corrected chi connectivity index (χ4v) is 2.10. The first-order chi connectivity index (χ1) is 6.63. The van der Waals surface area contributed by atoms with Gasteiger partial charge < -0.3 is 1.43 Å². The summed E-state index contributed by atoms with van der Waals surface area (Å²) >= 11 is 0. The Morgan fingerprint density at radius 2 is 1.00 bits per heavy atom. The topological polar surface area (TPSA) is 0 Å². The fourth-order valence-electron chi connectivity index (χ4n) is 2.10. The van der Waals surface area contributed by atoms with Crippen LogP contribution in [-0.2, 0) is 0 Å². The molecule has 74 valence electrons. The van der Waals surface area contributed by atoms with Gasteiger partial charge in [0.25, 0.3) is 0 Å². The third-order valence-electron chi connectivity index (χ3n) is 3.42. The Morgan fingerprint density at radius 3 is 1.33 bits per heavy atom. The molecule has 0 fully saturated rings. The molecule has 0 aliphatic carbocycles.